The van der Waals surface area contributed by atoms with E-state index in [4.69, 9.17) is 5.11 Å². The zero-order valence-electron chi connectivity index (χ0n) is 11.5. The summed E-state index contributed by atoms with van der Waals surface area (Å²) in [5.41, 5.74) is 3.60. The number of aliphatic hydroxyl groups is 2. The van der Waals surface area contributed by atoms with E-state index < -0.39 is 18.2 Å². The van der Waals surface area contributed by atoms with Crippen LogP contribution in [0.2, 0.25) is 0 Å². The van der Waals surface area contributed by atoms with Gasteiger partial charge in [0.2, 0.25) is 0 Å². The quantitative estimate of drug-likeness (QED) is 0.703. The Morgan fingerprint density at radius 1 is 1.16 bits per heavy atom. The Labute approximate surface area is 113 Å². The summed E-state index contributed by atoms with van der Waals surface area (Å²) >= 11 is 0. The molecule has 0 aromatic heterocycles. The van der Waals surface area contributed by atoms with Gasteiger partial charge in [-0.25, -0.2) is 0 Å². The number of carboxylic acid groups (broad SMARTS) is 1. The van der Waals surface area contributed by atoms with Gasteiger partial charge in [-0.05, 0) is 49.8 Å². The number of aliphatic carboxylic acids is 1. The van der Waals surface area contributed by atoms with Gasteiger partial charge in [-0.3, -0.25) is 4.79 Å². The molecule has 0 bridgehead atoms. The molecule has 19 heavy (non-hydrogen) atoms. The van der Waals surface area contributed by atoms with Crippen molar-refractivity contribution in [2.24, 2.45) is 0 Å². The molecule has 0 aliphatic rings. The third-order valence-electron chi connectivity index (χ3n) is 3.33. The van der Waals surface area contributed by atoms with Crippen molar-refractivity contribution in [3.8, 4) is 0 Å². The van der Waals surface area contributed by atoms with E-state index in [-0.39, 0.29) is 12.8 Å². The number of carbonyl (C=O) groups is 1. The standard InChI is InChI=1S/C15H22O4/c1-10-4-3-5-11(2)14(10)7-6-12(16)8-13(17)9-15(18)19/h3-5,12-13,16-17H,6-9H2,1-2H3,(H,18,19). The van der Waals surface area contributed by atoms with Crippen molar-refractivity contribution in [2.45, 2.75) is 51.7 Å². The van der Waals surface area contributed by atoms with E-state index in [2.05, 4.69) is 0 Å². The molecule has 0 amide bonds. The highest BCUT2D eigenvalue weighted by atomic mass is 16.4. The van der Waals surface area contributed by atoms with Crippen LogP contribution in [0.15, 0.2) is 18.2 Å². The van der Waals surface area contributed by atoms with E-state index in [9.17, 15) is 15.0 Å². The molecule has 0 aliphatic heterocycles. The third kappa shape index (κ3) is 5.41. The van der Waals surface area contributed by atoms with Crippen LogP contribution in [0.3, 0.4) is 0 Å². The molecule has 0 aliphatic carbocycles. The Hall–Kier alpha value is -1.39. The van der Waals surface area contributed by atoms with Crippen LogP contribution >= 0.6 is 0 Å². The zero-order chi connectivity index (χ0) is 14.4. The highest BCUT2D eigenvalue weighted by Gasteiger charge is 2.15. The number of benzene rings is 1. The van der Waals surface area contributed by atoms with Crippen molar-refractivity contribution >= 4 is 5.97 Å². The van der Waals surface area contributed by atoms with Gasteiger partial charge in [-0.2, -0.15) is 0 Å². The maximum atomic E-state index is 10.4. The highest BCUT2D eigenvalue weighted by molar-refractivity contribution is 5.67. The molecule has 0 saturated carbocycles. The first-order valence-corrected chi connectivity index (χ1v) is 6.53. The van der Waals surface area contributed by atoms with Crippen LogP contribution in [-0.4, -0.2) is 33.5 Å². The fraction of sp³-hybridized carbons (Fsp3) is 0.533. The van der Waals surface area contributed by atoms with Crippen LogP contribution in [0.5, 0.6) is 0 Å². The molecular weight excluding hydrogens is 244 g/mol. The van der Waals surface area contributed by atoms with Crippen molar-refractivity contribution in [1.29, 1.82) is 0 Å². The molecule has 3 N–H and O–H groups in total. The first-order chi connectivity index (χ1) is 8.90. The molecule has 2 unspecified atom stereocenters. The van der Waals surface area contributed by atoms with E-state index >= 15 is 0 Å². The normalized spacial score (nSPS) is 14.1. The largest absolute Gasteiger partial charge is 0.481 e. The average molecular weight is 266 g/mol. The van der Waals surface area contributed by atoms with Gasteiger partial charge in [0.05, 0.1) is 18.6 Å². The average Bonchev–Trinajstić information content (AvgIpc) is 2.26. The Balaban J connectivity index is 2.46. The molecule has 4 heteroatoms. The summed E-state index contributed by atoms with van der Waals surface area (Å²) in [6.07, 6.45) is -0.599. The van der Waals surface area contributed by atoms with E-state index in [1.54, 1.807) is 0 Å². The molecule has 2 atom stereocenters. The lowest BCUT2D eigenvalue weighted by molar-refractivity contribution is -0.139. The Morgan fingerprint density at radius 2 is 1.74 bits per heavy atom. The highest BCUT2D eigenvalue weighted by Crippen LogP contribution is 2.17. The van der Waals surface area contributed by atoms with Gasteiger partial charge in [-0.15, -0.1) is 0 Å². The SMILES string of the molecule is Cc1cccc(C)c1CCC(O)CC(O)CC(=O)O. The topological polar surface area (TPSA) is 77.8 Å². The summed E-state index contributed by atoms with van der Waals surface area (Å²) in [4.78, 5) is 10.4. The predicted molar refractivity (Wildman–Crippen MR) is 73.1 cm³/mol. The first kappa shape index (κ1) is 15.7. The minimum Gasteiger partial charge on any atom is -0.481 e. The number of aryl methyl sites for hydroxylation is 2. The van der Waals surface area contributed by atoms with Gasteiger partial charge < -0.3 is 15.3 Å². The number of carboxylic acids is 1. The molecular formula is C15H22O4. The first-order valence-electron chi connectivity index (χ1n) is 6.53. The van der Waals surface area contributed by atoms with Gasteiger partial charge in [0.25, 0.3) is 0 Å². The smallest absolute Gasteiger partial charge is 0.305 e. The predicted octanol–water partition coefficient (Wildman–Crippen LogP) is 1.82. The summed E-state index contributed by atoms with van der Waals surface area (Å²) in [6.45, 7) is 4.07. The minimum absolute atomic E-state index is 0.108. The fourth-order valence-corrected chi connectivity index (χ4v) is 2.27. The van der Waals surface area contributed by atoms with E-state index in [1.165, 1.54) is 16.7 Å². The fourth-order valence-electron chi connectivity index (χ4n) is 2.27. The van der Waals surface area contributed by atoms with Crippen LogP contribution in [0.1, 0.15) is 36.0 Å². The third-order valence-corrected chi connectivity index (χ3v) is 3.33. The lowest BCUT2D eigenvalue weighted by Crippen LogP contribution is -2.21. The van der Waals surface area contributed by atoms with Crippen molar-refractivity contribution in [3.63, 3.8) is 0 Å². The molecule has 0 radical (unpaired) electrons. The van der Waals surface area contributed by atoms with E-state index in [1.807, 2.05) is 32.0 Å². The molecule has 0 saturated heterocycles. The van der Waals surface area contributed by atoms with E-state index in [0.717, 1.165) is 6.42 Å². The van der Waals surface area contributed by atoms with Crippen LogP contribution in [0, 0.1) is 13.8 Å². The second-order valence-corrected chi connectivity index (χ2v) is 5.05. The van der Waals surface area contributed by atoms with Gasteiger partial charge in [-0.1, -0.05) is 18.2 Å². The summed E-state index contributed by atoms with van der Waals surface area (Å²) in [6, 6.07) is 6.07. The molecule has 0 fully saturated rings. The maximum absolute atomic E-state index is 10.4. The Bertz CT molecular complexity index is 408. The minimum atomic E-state index is -1.05. The summed E-state index contributed by atoms with van der Waals surface area (Å²) in [5, 5.41) is 27.8. The number of hydrogen-bond donors (Lipinski definition) is 3. The number of aliphatic hydroxyl groups excluding tert-OH is 2. The summed E-state index contributed by atoms with van der Waals surface area (Å²) < 4.78 is 0. The van der Waals surface area contributed by atoms with Crippen LogP contribution in [-0.2, 0) is 11.2 Å². The van der Waals surface area contributed by atoms with Gasteiger partial charge in [0.15, 0.2) is 0 Å². The lowest BCUT2D eigenvalue weighted by atomic mass is 9.95. The van der Waals surface area contributed by atoms with Crippen LogP contribution in [0.4, 0.5) is 0 Å². The monoisotopic (exact) mass is 266 g/mol. The Kier molecular flexibility index (Phi) is 5.99. The Morgan fingerprint density at radius 3 is 2.26 bits per heavy atom. The molecule has 106 valence electrons. The van der Waals surface area contributed by atoms with Gasteiger partial charge in [0, 0.05) is 0 Å². The number of hydrogen-bond acceptors (Lipinski definition) is 3. The zero-order valence-corrected chi connectivity index (χ0v) is 11.5. The van der Waals surface area contributed by atoms with Crippen LogP contribution < -0.4 is 0 Å². The molecule has 4 nitrogen and oxygen atoms in total. The summed E-state index contributed by atoms with van der Waals surface area (Å²) in [7, 11) is 0. The second kappa shape index (κ2) is 7.26. The molecule has 0 heterocycles. The van der Waals surface area contributed by atoms with Crippen molar-refractivity contribution < 1.29 is 20.1 Å². The lowest BCUT2D eigenvalue weighted by Gasteiger charge is -2.16. The van der Waals surface area contributed by atoms with Crippen molar-refractivity contribution in [1.82, 2.24) is 0 Å². The molecule has 1 aromatic rings. The number of rotatable bonds is 7. The maximum Gasteiger partial charge on any atom is 0.305 e. The molecule has 1 aromatic carbocycles. The summed E-state index contributed by atoms with van der Waals surface area (Å²) in [5.74, 6) is -1.05. The second-order valence-electron chi connectivity index (χ2n) is 5.05. The van der Waals surface area contributed by atoms with E-state index in [0.29, 0.717) is 6.42 Å². The molecule has 0 spiro atoms. The van der Waals surface area contributed by atoms with Gasteiger partial charge >= 0.3 is 5.97 Å². The van der Waals surface area contributed by atoms with Gasteiger partial charge in [0.1, 0.15) is 0 Å². The molecule has 1 rings (SSSR count). The van der Waals surface area contributed by atoms with Crippen LogP contribution in [0.25, 0.3) is 0 Å². The van der Waals surface area contributed by atoms with Crippen molar-refractivity contribution in [3.05, 3.63) is 34.9 Å². The van der Waals surface area contributed by atoms with Crippen molar-refractivity contribution in [2.75, 3.05) is 0 Å².